The van der Waals surface area contributed by atoms with E-state index in [0.717, 1.165) is 29.5 Å². The minimum atomic E-state index is -0.761. The van der Waals surface area contributed by atoms with Gasteiger partial charge in [-0.05, 0) is 60.5 Å². The van der Waals surface area contributed by atoms with E-state index in [1.54, 1.807) is 36.4 Å². The summed E-state index contributed by atoms with van der Waals surface area (Å²) < 4.78 is 32.1. The number of rotatable bonds is 6. The molecule has 0 atom stereocenters. The Labute approximate surface area is 171 Å². The Morgan fingerprint density at radius 1 is 1.10 bits per heavy atom. The molecule has 3 aromatic carbocycles. The van der Waals surface area contributed by atoms with Gasteiger partial charge in [-0.3, -0.25) is 4.79 Å². The van der Waals surface area contributed by atoms with Gasteiger partial charge < -0.3 is 4.74 Å². The molecule has 0 aliphatic heterocycles. The first-order valence-electron chi connectivity index (χ1n) is 8.69. The molecule has 3 aromatic rings. The van der Waals surface area contributed by atoms with Crippen molar-refractivity contribution in [2.24, 2.45) is 5.10 Å². The predicted octanol–water partition coefficient (Wildman–Crippen LogP) is 5.27. The maximum atomic E-state index is 13.5. The standard InChI is InChI=1S/C22H17ClF2N2O2/c1-14-10-19(8-9-20(14)23)29-13-15-2-4-16(5-3-15)22(28)27-26-12-17-6-7-18(24)11-21(17)25/h2-12H,13H2,1H3,(H,27,28)/b26-12-. The van der Waals surface area contributed by atoms with Gasteiger partial charge in [0, 0.05) is 22.2 Å². The Kier molecular flexibility index (Phi) is 6.57. The maximum absolute atomic E-state index is 13.5. The van der Waals surface area contributed by atoms with E-state index in [0.29, 0.717) is 22.9 Å². The van der Waals surface area contributed by atoms with Crippen molar-refractivity contribution in [2.45, 2.75) is 13.5 Å². The minimum Gasteiger partial charge on any atom is -0.489 e. The second-order valence-corrected chi connectivity index (χ2v) is 6.67. The molecule has 0 aliphatic carbocycles. The van der Waals surface area contributed by atoms with Crippen molar-refractivity contribution in [3.8, 4) is 5.75 Å². The highest BCUT2D eigenvalue weighted by Crippen LogP contribution is 2.22. The molecule has 0 saturated carbocycles. The zero-order valence-corrected chi connectivity index (χ0v) is 16.2. The van der Waals surface area contributed by atoms with E-state index in [9.17, 15) is 13.6 Å². The average Bonchev–Trinajstić information content (AvgIpc) is 2.71. The average molecular weight is 415 g/mol. The predicted molar refractivity (Wildman–Crippen MR) is 108 cm³/mol. The molecule has 0 unspecified atom stereocenters. The van der Waals surface area contributed by atoms with Gasteiger partial charge in [0.05, 0.1) is 6.21 Å². The van der Waals surface area contributed by atoms with Crippen LogP contribution in [-0.2, 0) is 6.61 Å². The van der Waals surface area contributed by atoms with E-state index in [1.165, 1.54) is 6.07 Å². The molecular weight excluding hydrogens is 398 g/mol. The first-order valence-corrected chi connectivity index (χ1v) is 9.06. The number of halogens is 3. The molecule has 7 heteroatoms. The Balaban J connectivity index is 1.55. The van der Waals surface area contributed by atoms with Crippen molar-refractivity contribution in [3.05, 3.63) is 99.6 Å². The molecule has 4 nitrogen and oxygen atoms in total. The first kappa shape index (κ1) is 20.5. The van der Waals surface area contributed by atoms with E-state index in [1.807, 2.05) is 13.0 Å². The lowest BCUT2D eigenvalue weighted by atomic mass is 10.1. The molecule has 1 amide bonds. The van der Waals surface area contributed by atoms with Crippen molar-refractivity contribution in [2.75, 3.05) is 0 Å². The van der Waals surface area contributed by atoms with E-state index < -0.39 is 17.5 Å². The summed E-state index contributed by atoms with van der Waals surface area (Å²) in [6.45, 7) is 2.24. The topological polar surface area (TPSA) is 50.7 Å². The van der Waals surface area contributed by atoms with Crippen molar-refractivity contribution < 1.29 is 18.3 Å². The number of ether oxygens (including phenoxy) is 1. The summed E-state index contributed by atoms with van der Waals surface area (Å²) in [4.78, 5) is 12.1. The van der Waals surface area contributed by atoms with E-state index in [4.69, 9.17) is 16.3 Å². The second-order valence-electron chi connectivity index (χ2n) is 6.26. The summed E-state index contributed by atoms with van der Waals surface area (Å²) in [7, 11) is 0. The third-order valence-corrected chi connectivity index (χ3v) is 4.51. The summed E-state index contributed by atoms with van der Waals surface area (Å²) in [6.07, 6.45) is 1.11. The molecule has 3 rings (SSSR count). The number of aryl methyl sites for hydroxylation is 1. The van der Waals surface area contributed by atoms with Crippen molar-refractivity contribution >= 4 is 23.7 Å². The van der Waals surface area contributed by atoms with Crippen LogP contribution in [0.2, 0.25) is 5.02 Å². The van der Waals surface area contributed by atoms with Gasteiger partial charge in [-0.1, -0.05) is 23.7 Å². The molecule has 0 fully saturated rings. The number of hydrogen-bond acceptors (Lipinski definition) is 3. The van der Waals surface area contributed by atoms with Gasteiger partial charge in [-0.25, -0.2) is 14.2 Å². The highest BCUT2D eigenvalue weighted by atomic mass is 35.5. The van der Waals surface area contributed by atoms with Crippen LogP contribution in [0.25, 0.3) is 0 Å². The summed E-state index contributed by atoms with van der Waals surface area (Å²) in [5, 5.41) is 4.38. The van der Waals surface area contributed by atoms with Gasteiger partial charge in [0.1, 0.15) is 24.0 Å². The van der Waals surface area contributed by atoms with Crippen LogP contribution in [0.5, 0.6) is 5.75 Å². The Morgan fingerprint density at radius 2 is 1.86 bits per heavy atom. The van der Waals surface area contributed by atoms with Gasteiger partial charge in [0.15, 0.2) is 0 Å². The molecule has 0 spiro atoms. The summed E-state index contributed by atoms with van der Waals surface area (Å²) >= 11 is 5.99. The highest BCUT2D eigenvalue weighted by Gasteiger charge is 2.06. The van der Waals surface area contributed by atoms with E-state index >= 15 is 0 Å². The molecule has 29 heavy (non-hydrogen) atoms. The largest absolute Gasteiger partial charge is 0.489 e. The molecule has 0 saturated heterocycles. The fraction of sp³-hybridized carbons (Fsp3) is 0.0909. The van der Waals surface area contributed by atoms with Gasteiger partial charge >= 0.3 is 0 Å². The van der Waals surface area contributed by atoms with E-state index in [-0.39, 0.29) is 5.56 Å². The van der Waals surface area contributed by atoms with Crippen LogP contribution in [0.1, 0.15) is 27.0 Å². The van der Waals surface area contributed by atoms with Crippen molar-refractivity contribution in [3.63, 3.8) is 0 Å². The fourth-order valence-electron chi connectivity index (χ4n) is 2.46. The van der Waals surface area contributed by atoms with Crippen LogP contribution in [-0.4, -0.2) is 12.1 Å². The number of carbonyl (C=O) groups is 1. The zero-order valence-electron chi connectivity index (χ0n) is 15.5. The molecule has 1 N–H and O–H groups in total. The molecule has 0 radical (unpaired) electrons. The zero-order chi connectivity index (χ0) is 20.8. The maximum Gasteiger partial charge on any atom is 0.271 e. The lowest BCUT2D eigenvalue weighted by Gasteiger charge is -2.08. The SMILES string of the molecule is Cc1cc(OCc2ccc(C(=O)N/N=C\c3ccc(F)cc3F)cc2)ccc1Cl. The Hall–Kier alpha value is -3.25. The van der Waals surface area contributed by atoms with Crippen LogP contribution in [0, 0.1) is 18.6 Å². The number of carbonyl (C=O) groups excluding carboxylic acids is 1. The highest BCUT2D eigenvalue weighted by molar-refractivity contribution is 6.31. The molecule has 0 heterocycles. The lowest BCUT2D eigenvalue weighted by molar-refractivity contribution is 0.0955. The Bertz CT molecular complexity index is 1050. The molecule has 0 bridgehead atoms. The van der Waals surface area contributed by atoms with Crippen LogP contribution < -0.4 is 10.2 Å². The number of hydrazone groups is 1. The molecule has 0 aliphatic rings. The summed E-state index contributed by atoms with van der Waals surface area (Å²) in [5.41, 5.74) is 4.56. The normalized spacial score (nSPS) is 10.9. The van der Waals surface area contributed by atoms with Crippen LogP contribution >= 0.6 is 11.6 Å². The van der Waals surface area contributed by atoms with Gasteiger partial charge in [0.25, 0.3) is 5.91 Å². The third kappa shape index (κ3) is 5.62. The lowest BCUT2D eigenvalue weighted by Crippen LogP contribution is -2.17. The number of hydrogen-bond donors (Lipinski definition) is 1. The number of nitrogens with zero attached hydrogens (tertiary/aromatic N) is 1. The molecule has 0 aromatic heterocycles. The van der Waals surface area contributed by atoms with Crippen LogP contribution in [0.3, 0.4) is 0 Å². The van der Waals surface area contributed by atoms with E-state index in [2.05, 4.69) is 10.5 Å². The first-order chi connectivity index (χ1) is 13.9. The molecule has 148 valence electrons. The number of nitrogens with one attached hydrogen (secondary N) is 1. The number of amides is 1. The summed E-state index contributed by atoms with van der Waals surface area (Å²) in [5.74, 6) is -1.19. The second kappa shape index (κ2) is 9.30. The Morgan fingerprint density at radius 3 is 2.55 bits per heavy atom. The minimum absolute atomic E-state index is 0.0663. The van der Waals surface area contributed by atoms with Crippen LogP contribution in [0.4, 0.5) is 8.78 Å². The summed E-state index contributed by atoms with van der Waals surface area (Å²) in [6, 6.07) is 15.3. The van der Waals surface area contributed by atoms with Gasteiger partial charge in [-0.2, -0.15) is 5.10 Å². The van der Waals surface area contributed by atoms with Crippen molar-refractivity contribution in [1.29, 1.82) is 0 Å². The molecular formula is C22H17ClF2N2O2. The fourth-order valence-corrected chi connectivity index (χ4v) is 2.57. The quantitative estimate of drug-likeness (QED) is 0.441. The number of benzene rings is 3. The van der Waals surface area contributed by atoms with Gasteiger partial charge in [-0.15, -0.1) is 0 Å². The van der Waals surface area contributed by atoms with Gasteiger partial charge in [0.2, 0.25) is 0 Å². The third-order valence-electron chi connectivity index (χ3n) is 4.08. The van der Waals surface area contributed by atoms with Crippen LogP contribution in [0.15, 0.2) is 65.8 Å². The monoisotopic (exact) mass is 414 g/mol. The smallest absolute Gasteiger partial charge is 0.271 e. The van der Waals surface area contributed by atoms with Crippen molar-refractivity contribution in [1.82, 2.24) is 5.43 Å².